The summed E-state index contributed by atoms with van der Waals surface area (Å²) in [6.45, 7) is 0. The maximum absolute atomic E-state index is 10.6. The SMILES string of the molecule is CN(C(=O)O)c1cc(Cl)c(Cl)cc1Cl. The molecule has 1 aromatic rings. The van der Waals surface area contributed by atoms with E-state index in [1.165, 1.54) is 19.2 Å². The molecule has 76 valence electrons. The second-order valence-electron chi connectivity index (χ2n) is 2.56. The van der Waals surface area contributed by atoms with Crippen molar-refractivity contribution in [3.05, 3.63) is 27.2 Å². The highest BCUT2D eigenvalue weighted by Gasteiger charge is 2.14. The molecule has 0 aromatic heterocycles. The minimum absolute atomic E-state index is 0.240. The number of hydrogen-bond donors (Lipinski definition) is 1. The molecule has 0 fully saturated rings. The Morgan fingerprint density at radius 1 is 1.21 bits per heavy atom. The van der Waals surface area contributed by atoms with Crippen LogP contribution >= 0.6 is 34.8 Å². The van der Waals surface area contributed by atoms with Crippen molar-refractivity contribution < 1.29 is 9.90 Å². The van der Waals surface area contributed by atoms with E-state index in [1.807, 2.05) is 0 Å². The second kappa shape index (κ2) is 4.26. The topological polar surface area (TPSA) is 40.5 Å². The van der Waals surface area contributed by atoms with Crippen LogP contribution in [0.2, 0.25) is 15.1 Å². The molecule has 0 aliphatic carbocycles. The molecule has 6 heteroatoms. The summed E-state index contributed by atoms with van der Waals surface area (Å²) in [6, 6.07) is 2.81. The zero-order valence-electron chi connectivity index (χ0n) is 7.09. The maximum atomic E-state index is 10.6. The average molecular weight is 254 g/mol. The van der Waals surface area contributed by atoms with Crippen molar-refractivity contribution in [2.24, 2.45) is 0 Å². The Balaban J connectivity index is 3.22. The van der Waals surface area contributed by atoms with Gasteiger partial charge < -0.3 is 5.11 Å². The van der Waals surface area contributed by atoms with Crippen LogP contribution in [0.3, 0.4) is 0 Å². The van der Waals surface area contributed by atoms with E-state index in [0.717, 1.165) is 4.90 Å². The van der Waals surface area contributed by atoms with Gasteiger partial charge in [0.15, 0.2) is 0 Å². The van der Waals surface area contributed by atoms with Crippen LogP contribution in [-0.4, -0.2) is 18.2 Å². The van der Waals surface area contributed by atoms with Gasteiger partial charge in [0.2, 0.25) is 0 Å². The number of rotatable bonds is 1. The van der Waals surface area contributed by atoms with E-state index in [-0.39, 0.29) is 10.0 Å². The summed E-state index contributed by atoms with van der Waals surface area (Å²) in [4.78, 5) is 11.6. The van der Waals surface area contributed by atoms with Crippen molar-refractivity contribution in [3.63, 3.8) is 0 Å². The highest BCUT2D eigenvalue weighted by Crippen LogP contribution is 2.33. The van der Waals surface area contributed by atoms with Gasteiger partial charge in [-0.15, -0.1) is 0 Å². The summed E-state index contributed by atoms with van der Waals surface area (Å²) in [7, 11) is 1.37. The smallest absolute Gasteiger partial charge is 0.411 e. The van der Waals surface area contributed by atoms with E-state index in [0.29, 0.717) is 10.7 Å². The lowest BCUT2D eigenvalue weighted by Gasteiger charge is -2.15. The summed E-state index contributed by atoms with van der Waals surface area (Å²) >= 11 is 17.2. The van der Waals surface area contributed by atoms with Gasteiger partial charge in [0, 0.05) is 7.05 Å². The van der Waals surface area contributed by atoms with E-state index in [9.17, 15) is 4.79 Å². The lowest BCUT2D eigenvalue weighted by Crippen LogP contribution is -2.24. The van der Waals surface area contributed by atoms with Crippen molar-refractivity contribution in [2.45, 2.75) is 0 Å². The molecule has 0 radical (unpaired) electrons. The second-order valence-corrected chi connectivity index (χ2v) is 3.78. The molecule has 1 N–H and O–H groups in total. The Hall–Kier alpha value is -0.640. The third-order valence-electron chi connectivity index (χ3n) is 1.64. The maximum Gasteiger partial charge on any atom is 0.411 e. The Morgan fingerprint density at radius 3 is 2.21 bits per heavy atom. The molecule has 14 heavy (non-hydrogen) atoms. The first-order chi connectivity index (χ1) is 6.43. The van der Waals surface area contributed by atoms with Gasteiger partial charge in [0.25, 0.3) is 0 Å². The molecule has 3 nitrogen and oxygen atoms in total. The molecule has 0 aliphatic rings. The van der Waals surface area contributed by atoms with Gasteiger partial charge in [-0.3, -0.25) is 4.90 Å². The fraction of sp³-hybridized carbons (Fsp3) is 0.125. The third-order valence-corrected chi connectivity index (χ3v) is 2.66. The lowest BCUT2D eigenvalue weighted by molar-refractivity contribution is 0.203. The van der Waals surface area contributed by atoms with Crippen molar-refractivity contribution >= 4 is 46.6 Å². The van der Waals surface area contributed by atoms with Gasteiger partial charge >= 0.3 is 6.09 Å². The summed E-state index contributed by atoms with van der Waals surface area (Å²) in [6.07, 6.45) is -1.12. The molecule has 0 bridgehead atoms. The Morgan fingerprint density at radius 2 is 1.71 bits per heavy atom. The quantitative estimate of drug-likeness (QED) is 0.775. The van der Waals surface area contributed by atoms with Gasteiger partial charge in [-0.25, -0.2) is 4.79 Å². The van der Waals surface area contributed by atoms with E-state index >= 15 is 0 Å². The molecule has 1 aromatic carbocycles. The molecular formula is C8H6Cl3NO2. The molecule has 0 atom stereocenters. The molecule has 0 aliphatic heterocycles. The van der Waals surface area contributed by atoms with Crippen molar-refractivity contribution in [1.29, 1.82) is 0 Å². The zero-order chi connectivity index (χ0) is 10.9. The number of carboxylic acid groups (broad SMARTS) is 1. The van der Waals surface area contributed by atoms with Gasteiger partial charge in [-0.05, 0) is 12.1 Å². The number of amides is 1. The molecule has 1 amide bonds. The van der Waals surface area contributed by atoms with Crippen LogP contribution < -0.4 is 4.90 Å². The van der Waals surface area contributed by atoms with E-state index in [2.05, 4.69) is 0 Å². The molecular weight excluding hydrogens is 248 g/mol. The Bertz CT molecular complexity index is 381. The minimum Gasteiger partial charge on any atom is -0.465 e. The average Bonchev–Trinajstić information content (AvgIpc) is 2.10. The highest BCUT2D eigenvalue weighted by atomic mass is 35.5. The Labute approximate surface area is 95.8 Å². The Kier molecular flexibility index (Phi) is 3.48. The van der Waals surface area contributed by atoms with E-state index < -0.39 is 6.09 Å². The fourth-order valence-electron chi connectivity index (χ4n) is 0.872. The third kappa shape index (κ3) is 2.23. The minimum atomic E-state index is -1.12. The van der Waals surface area contributed by atoms with Crippen molar-refractivity contribution in [1.82, 2.24) is 0 Å². The van der Waals surface area contributed by atoms with E-state index in [1.54, 1.807) is 0 Å². The normalized spacial score (nSPS) is 10.0. The van der Waals surface area contributed by atoms with Crippen LogP contribution in [0, 0.1) is 0 Å². The molecule has 0 saturated heterocycles. The first-order valence-corrected chi connectivity index (χ1v) is 4.68. The lowest BCUT2D eigenvalue weighted by atomic mass is 10.3. The van der Waals surface area contributed by atoms with Crippen LogP contribution in [0.4, 0.5) is 10.5 Å². The first-order valence-electron chi connectivity index (χ1n) is 3.54. The first kappa shape index (κ1) is 11.4. The molecule has 0 heterocycles. The molecule has 0 spiro atoms. The fourth-order valence-corrected chi connectivity index (χ4v) is 1.54. The van der Waals surface area contributed by atoms with Crippen molar-refractivity contribution in [3.8, 4) is 0 Å². The number of nitrogens with zero attached hydrogens (tertiary/aromatic N) is 1. The van der Waals surface area contributed by atoms with Crippen LogP contribution in [0.25, 0.3) is 0 Å². The van der Waals surface area contributed by atoms with Crippen LogP contribution in [0.5, 0.6) is 0 Å². The highest BCUT2D eigenvalue weighted by molar-refractivity contribution is 6.44. The number of carbonyl (C=O) groups is 1. The van der Waals surface area contributed by atoms with Gasteiger partial charge in [0.05, 0.1) is 20.8 Å². The summed E-state index contributed by atoms with van der Waals surface area (Å²) in [5.74, 6) is 0. The molecule has 0 saturated carbocycles. The summed E-state index contributed by atoms with van der Waals surface area (Å²) < 4.78 is 0. The number of benzene rings is 1. The largest absolute Gasteiger partial charge is 0.465 e. The van der Waals surface area contributed by atoms with Crippen LogP contribution in [0.15, 0.2) is 12.1 Å². The van der Waals surface area contributed by atoms with Crippen LogP contribution in [-0.2, 0) is 0 Å². The summed E-state index contributed by atoms with van der Waals surface area (Å²) in [5.41, 5.74) is 0.300. The standard InChI is InChI=1S/C8H6Cl3NO2/c1-12(8(13)14)7-3-5(10)4(9)2-6(7)11/h2-3H,1H3,(H,13,14). The summed E-state index contributed by atoms with van der Waals surface area (Å²) in [5, 5.41) is 9.51. The van der Waals surface area contributed by atoms with Gasteiger partial charge in [-0.2, -0.15) is 0 Å². The predicted molar refractivity (Wildman–Crippen MR) is 57.9 cm³/mol. The number of halogens is 3. The van der Waals surface area contributed by atoms with Gasteiger partial charge in [-0.1, -0.05) is 34.8 Å². The van der Waals surface area contributed by atoms with Crippen molar-refractivity contribution in [2.75, 3.05) is 11.9 Å². The van der Waals surface area contributed by atoms with E-state index in [4.69, 9.17) is 39.9 Å². The predicted octanol–water partition coefficient (Wildman–Crippen LogP) is 3.76. The monoisotopic (exact) mass is 253 g/mol. The zero-order valence-corrected chi connectivity index (χ0v) is 9.36. The van der Waals surface area contributed by atoms with Crippen LogP contribution in [0.1, 0.15) is 0 Å². The molecule has 1 rings (SSSR count). The molecule has 0 unspecified atom stereocenters. The number of hydrogen-bond acceptors (Lipinski definition) is 1. The van der Waals surface area contributed by atoms with Gasteiger partial charge in [0.1, 0.15) is 0 Å². The number of anilines is 1.